The normalized spacial score (nSPS) is 26.5. The molecular weight excluding hydrogens is 304 g/mol. The number of hydrogen-bond acceptors (Lipinski definition) is 3. The minimum atomic E-state index is -0.470. The van der Waals surface area contributed by atoms with Gasteiger partial charge in [-0.15, -0.1) is 0 Å². The standard InChI is InChI=1S/C18H20N4O2/c1-13-11-21(16(23)14-4-7-20-9-14)12-18(13)5-8-22(17(18)24)15-3-2-6-19-10-15/h2-4,6-7,9-10,13,20H,5,8,11-12H2,1H3/t13-,18-/m1/s1. The Morgan fingerprint density at radius 1 is 1.42 bits per heavy atom. The van der Waals surface area contributed by atoms with E-state index in [1.807, 2.05) is 21.9 Å². The van der Waals surface area contributed by atoms with Crippen LogP contribution in [0.25, 0.3) is 0 Å². The summed E-state index contributed by atoms with van der Waals surface area (Å²) in [6.07, 6.45) is 7.65. The molecule has 0 bridgehead atoms. The maximum atomic E-state index is 13.1. The number of hydrogen-bond donors (Lipinski definition) is 1. The van der Waals surface area contributed by atoms with E-state index in [0.717, 1.165) is 12.1 Å². The van der Waals surface area contributed by atoms with Gasteiger partial charge in [-0.1, -0.05) is 6.92 Å². The molecule has 0 unspecified atom stereocenters. The van der Waals surface area contributed by atoms with Crippen LogP contribution in [0.2, 0.25) is 0 Å². The predicted octanol–water partition coefficient (Wildman–Crippen LogP) is 1.92. The summed E-state index contributed by atoms with van der Waals surface area (Å²) in [4.78, 5) is 36.4. The second-order valence-corrected chi connectivity index (χ2v) is 6.76. The third kappa shape index (κ3) is 2.13. The number of amides is 2. The van der Waals surface area contributed by atoms with E-state index >= 15 is 0 Å². The van der Waals surface area contributed by atoms with E-state index in [1.54, 1.807) is 30.9 Å². The number of nitrogens with zero attached hydrogens (tertiary/aromatic N) is 3. The summed E-state index contributed by atoms with van der Waals surface area (Å²) in [6.45, 7) is 3.88. The van der Waals surface area contributed by atoms with Gasteiger partial charge in [0.05, 0.1) is 22.9 Å². The molecule has 4 rings (SSSR count). The number of carbonyl (C=O) groups excluding carboxylic acids is 2. The first-order valence-electron chi connectivity index (χ1n) is 8.26. The molecule has 1 N–H and O–H groups in total. The van der Waals surface area contributed by atoms with E-state index in [-0.39, 0.29) is 17.7 Å². The van der Waals surface area contributed by atoms with Crippen LogP contribution in [0, 0.1) is 11.3 Å². The maximum absolute atomic E-state index is 13.1. The van der Waals surface area contributed by atoms with Crippen LogP contribution < -0.4 is 4.90 Å². The minimum Gasteiger partial charge on any atom is -0.367 e. The molecule has 2 fully saturated rings. The number of pyridine rings is 1. The van der Waals surface area contributed by atoms with Crippen LogP contribution in [0.3, 0.4) is 0 Å². The summed E-state index contributed by atoms with van der Waals surface area (Å²) in [5.74, 6) is 0.259. The number of aromatic amines is 1. The van der Waals surface area contributed by atoms with Gasteiger partial charge in [-0.05, 0) is 30.5 Å². The van der Waals surface area contributed by atoms with Gasteiger partial charge in [0.15, 0.2) is 0 Å². The van der Waals surface area contributed by atoms with Crippen LogP contribution in [0.5, 0.6) is 0 Å². The molecule has 6 nitrogen and oxygen atoms in total. The molecule has 0 saturated carbocycles. The summed E-state index contributed by atoms with van der Waals surface area (Å²) >= 11 is 0. The van der Waals surface area contributed by atoms with Gasteiger partial charge in [-0.25, -0.2) is 0 Å². The summed E-state index contributed by atoms with van der Waals surface area (Å²) in [5, 5.41) is 0. The molecule has 2 aliphatic heterocycles. The van der Waals surface area contributed by atoms with Crippen molar-refractivity contribution in [3.63, 3.8) is 0 Å². The third-order valence-electron chi connectivity index (χ3n) is 5.45. The number of rotatable bonds is 2. The summed E-state index contributed by atoms with van der Waals surface area (Å²) in [7, 11) is 0. The zero-order chi connectivity index (χ0) is 16.7. The molecule has 4 heterocycles. The smallest absolute Gasteiger partial charge is 0.255 e. The predicted molar refractivity (Wildman–Crippen MR) is 89.5 cm³/mol. The van der Waals surface area contributed by atoms with E-state index in [9.17, 15) is 9.59 Å². The molecule has 2 aliphatic rings. The summed E-state index contributed by atoms with van der Waals surface area (Å²) < 4.78 is 0. The van der Waals surface area contributed by atoms with Gasteiger partial charge in [-0.3, -0.25) is 14.6 Å². The monoisotopic (exact) mass is 324 g/mol. The Bertz CT molecular complexity index is 759. The fourth-order valence-corrected chi connectivity index (χ4v) is 4.01. The third-order valence-corrected chi connectivity index (χ3v) is 5.45. The largest absolute Gasteiger partial charge is 0.367 e. The van der Waals surface area contributed by atoms with Gasteiger partial charge >= 0.3 is 0 Å². The fourth-order valence-electron chi connectivity index (χ4n) is 4.01. The van der Waals surface area contributed by atoms with Gasteiger partial charge in [0.2, 0.25) is 5.91 Å². The molecule has 2 aromatic rings. The first-order valence-corrected chi connectivity index (χ1v) is 8.26. The van der Waals surface area contributed by atoms with Crippen molar-refractivity contribution in [1.29, 1.82) is 0 Å². The van der Waals surface area contributed by atoms with Crippen molar-refractivity contribution in [2.24, 2.45) is 11.3 Å². The molecular formula is C18H20N4O2. The highest BCUT2D eigenvalue weighted by Gasteiger charge is 2.56. The van der Waals surface area contributed by atoms with Crippen LogP contribution in [0.4, 0.5) is 5.69 Å². The first-order chi connectivity index (χ1) is 11.6. The van der Waals surface area contributed by atoms with Crippen LogP contribution in [-0.2, 0) is 4.79 Å². The van der Waals surface area contributed by atoms with Crippen molar-refractivity contribution in [2.75, 3.05) is 24.5 Å². The minimum absolute atomic E-state index is 0.00685. The van der Waals surface area contributed by atoms with Gasteiger partial charge in [0.25, 0.3) is 5.91 Å². The number of nitrogens with one attached hydrogen (secondary N) is 1. The summed E-state index contributed by atoms with van der Waals surface area (Å²) in [6, 6.07) is 5.52. The second kappa shape index (κ2) is 5.47. The maximum Gasteiger partial charge on any atom is 0.255 e. The zero-order valence-corrected chi connectivity index (χ0v) is 13.6. The fraction of sp³-hybridized carbons (Fsp3) is 0.389. The lowest BCUT2D eigenvalue weighted by Gasteiger charge is -2.26. The lowest BCUT2D eigenvalue weighted by atomic mass is 9.78. The molecule has 2 atom stereocenters. The van der Waals surface area contributed by atoms with Crippen LogP contribution in [0.15, 0.2) is 43.0 Å². The van der Waals surface area contributed by atoms with E-state index in [2.05, 4.69) is 16.9 Å². The first kappa shape index (κ1) is 14.9. The van der Waals surface area contributed by atoms with Crippen molar-refractivity contribution in [2.45, 2.75) is 13.3 Å². The van der Waals surface area contributed by atoms with Gasteiger partial charge in [0.1, 0.15) is 0 Å². The number of aromatic nitrogens is 2. The van der Waals surface area contributed by atoms with Crippen molar-refractivity contribution < 1.29 is 9.59 Å². The molecule has 24 heavy (non-hydrogen) atoms. The van der Waals surface area contributed by atoms with Gasteiger partial charge in [0, 0.05) is 38.2 Å². The van der Waals surface area contributed by atoms with Gasteiger partial charge < -0.3 is 14.8 Å². The molecule has 2 saturated heterocycles. The molecule has 0 radical (unpaired) electrons. The number of likely N-dealkylation sites (tertiary alicyclic amines) is 1. The SMILES string of the molecule is C[C@@H]1CN(C(=O)c2cc[nH]c2)C[C@]12CCN(c1cccnc1)C2=O. The number of H-pyrrole nitrogens is 1. The van der Waals surface area contributed by atoms with Crippen molar-refractivity contribution in [3.05, 3.63) is 48.5 Å². The number of carbonyl (C=O) groups is 2. The Labute approximate surface area is 140 Å². The van der Waals surface area contributed by atoms with Crippen molar-refractivity contribution in [1.82, 2.24) is 14.9 Å². The quantitative estimate of drug-likeness (QED) is 0.917. The average Bonchev–Trinajstić information content (AvgIpc) is 3.31. The van der Waals surface area contributed by atoms with Crippen LogP contribution in [-0.4, -0.2) is 46.3 Å². The molecule has 2 aromatic heterocycles. The Kier molecular flexibility index (Phi) is 3.40. The van der Waals surface area contributed by atoms with Crippen molar-refractivity contribution in [3.8, 4) is 0 Å². The van der Waals surface area contributed by atoms with Gasteiger partial charge in [-0.2, -0.15) is 0 Å². The van der Waals surface area contributed by atoms with E-state index in [1.165, 1.54) is 0 Å². The van der Waals surface area contributed by atoms with E-state index in [4.69, 9.17) is 0 Å². The Morgan fingerprint density at radius 3 is 3.00 bits per heavy atom. The van der Waals surface area contributed by atoms with Crippen LogP contribution >= 0.6 is 0 Å². The van der Waals surface area contributed by atoms with Crippen molar-refractivity contribution >= 4 is 17.5 Å². The highest BCUT2D eigenvalue weighted by atomic mass is 16.2. The molecule has 6 heteroatoms. The molecule has 2 amide bonds. The average molecular weight is 324 g/mol. The molecule has 0 aromatic carbocycles. The highest BCUT2D eigenvalue weighted by molar-refractivity contribution is 6.01. The highest BCUT2D eigenvalue weighted by Crippen LogP contribution is 2.46. The molecule has 1 spiro atoms. The molecule has 124 valence electrons. The van der Waals surface area contributed by atoms with E-state index < -0.39 is 5.41 Å². The van der Waals surface area contributed by atoms with Crippen LogP contribution in [0.1, 0.15) is 23.7 Å². The van der Waals surface area contributed by atoms with E-state index in [0.29, 0.717) is 25.2 Å². The topological polar surface area (TPSA) is 69.3 Å². The zero-order valence-electron chi connectivity index (χ0n) is 13.6. The Balaban J connectivity index is 1.58. The Morgan fingerprint density at radius 2 is 2.29 bits per heavy atom. The summed E-state index contributed by atoms with van der Waals surface area (Å²) in [5.41, 5.74) is 1.01. The second-order valence-electron chi connectivity index (χ2n) is 6.76. The lowest BCUT2D eigenvalue weighted by molar-refractivity contribution is -0.126. The Hall–Kier alpha value is -2.63. The molecule has 0 aliphatic carbocycles. The lowest BCUT2D eigenvalue weighted by Crippen LogP contribution is -2.40. The number of anilines is 1.